The SMILES string of the molecule is COc1ccc2cc(CN(C)C(=O)C(NC(C)=O)C(C)C)ccc2c1. The monoisotopic (exact) mass is 342 g/mol. The third-order valence-corrected chi connectivity index (χ3v) is 4.20. The molecule has 1 atom stereocenters. The van der Waals surface area contributed by atoms with Crippen LogP contribution in [-0.2, 0) is 16.1 Å². The number of ether oxygens (including phenoxy) is 1. The lowest BCUT2D eigenvalue weighted by Crippen LogP contribution is -2.49. The summed E-state index contributed by atoms with van der Waals surface area (Å²) in [6, 6.07) is 11.5. The molecule has 0 aliphatic carbocycles. The fourth-order valence-electron chi connectivity index (χ4n) is 2.82. The fraction of sp³-hybridized carbons (Fsp3) is 0.400. The summed E-state index contributed by atoms with van der Waals surface area (Å²) < 4.78 is 5.24. The maximum Gasteiger partial charge on any atom is 0.245 e. The molecule has 5 heteroatoms. The molecule has 0 bridgehead atoms. The van der Waals surface area contributed by atoms with E-state index in [1.807, 2.05) is 44.2 Å². The van der Waals surface area contributed by atoms with Gasteiger partial charge >= 0.3 is 0 Å². The van der Waals surface area contributed by atoms with Gasteiger partial charge in [-0.05, 0) is 40.5 Å². The van der Waals surface area contributed by atoms with Crippen molar-refractivity contribution < 1.29 is 14.3 Å². The molecular weight excluding hydrogens is 316 g/mol. The van der Waals surface area contributed by atoms with Crippen molar-refractivity contribution in [1.82, 2.24) is 10.2 Å². The number of hydrogen-bond donors (Lipinski definition) is 1. The van der Waals surface area contributed by atoms with Crippen LogP contribution >= 0.6 is 0 Å². The van der Waals surface area contributed by atoms with Crippen LogP contribution in [0.25, 0.3) is 10.8 Å². The first-order chi connectivity index (χ1) is 11.8. The number of carbonyl (C=O) groups excluding carboxylic acids is 2. The average molecular weight is 342 g/mol. The first-order valence-electron chi connectivity index (χ1n) is 8.40. The van der Waals surface area contributed by atoms with Gasteiger partial charge in [0.2, 0.25) is 11.8 Å². The molecule has 2 aromatic carbocycles. The molecule has 0 fully saturated rings. The summed E-state index contributed by atoms with van der Waals surface area (Å²) in [7, 11) is 3.41. The zero-order chi connectivity index (χ0) is 18.6. The average Bonchev–Trinajstić information content (AvgIpc) is 2.58. The van der Waals surface area contributed by atoms with Gasteiger partial charge in [-0.25, -0.2) is 0 Å². The van der Waals surface area contributed by atoms with Crippen LogP contribution in [-0.4, -0.2) is 36.9 Å². The Morgan fingerprint density at radius 2 is 1.76 bits per heavy atom. The van der Waals surface area contributed by atoms with Crippen molar-refractivity contribution in [1.29, 1.82) is 0 Å². The van der Waals surface area contributed by atoms with Crippen LogP contribution in [0.3, 0.4) is 0 Å². The quantitative estimate of drug-likeness (QED) is 0.878. The number of methoxy groups -OCH3 is 1. The molecule has 1 unspecified atom stereocenters. The van der Waals surface area contributed by atoms with Gasteiger partial charge in [0.1, 0.15) is 11.8 Å². The fourth-order valence-corrected chi connectivity index (χ4v) is 2.82. The van der Waals surface area contributed by atoms with Crippen LogP contribution in [0.15, 0.2) is 36.4 Å². The molecule has 25 heavy (non-hydrogen) atoms. The highest BCUT2D eigenvalue weighted by Crippen LogP contribution is 2.22. The number of carbonyl (C=O) groups is 2. The van der Waals surface area contributed by atoms with E-state index in [2.05, 4.69) is 11.4 Å². The molecule has 0 aliphatic heterocycles. The molecule has 0 saturated carbocycles. The van der Waals surface area contributed by atoms with Crippen molar-refractivity contribution in [2.75, 3.05) is 14.2 Å². The molecule has 2 aromatic rings. The normalized spacial score (nSPS) is 12.1. The molecule has 1 N–H and O–H groups in total. The van der Waals surface area contributed by atoms with Gasteiger partial charge in [-0.2, -0.15) is 0 Å². The van der Waals surface area contributed by atoms with E-state index in [4.69, 9.17) is 4.74 Å². The molecule has 0 heterocycles. The van der Waals surface area contributed by atoms with Gasteiger partial charge in [-0.3, -0.25) is 9.59 Å². The lowest BCUT2D eigenvalue weighted by atomic mass is 10.0. The Kier molecular flexibility index (Phi) is 6.02. The summed E-state index contributed by atoms with van der Waals surface area (Å²) in [6.07, 6.45) is 0. The number of rotatable bonds is 6. The number of likely N-dealkylation sites (N-methyl/N-ethyl adjacent to an activating group) is 1. The summed E-state index contributed by atoms with van der Waals surface area (Å²) in [4.78, 5) is 25.7. The van der Waals surface area contributed by atoms with Gasteiger partial charge in [0.15, 0.2) is 0 Å². The Hall–Kier alpha value is -2.56. The standard InChI is InChI=1S/C20H26N2O3/c1-13(2)19(21-14(3)23)20(24)22(4)12-15-6-7-17-11-18(25-5)9-8-16(17)10-15/h6-11,13,19H,12H2,1-5H3,(H,21,23). The smallest absolute Gasteiger partial charge is 0.245 e. The number of hydrogen-bond acceptors (Lipinski definition) is 3. The van der Waals surface area contributed by atoms with E-state index in [1.54, 1.807) is 19.1 Å². The Labute approximate surface area is 149 Å². The lowest BCUT2D eigenvalue weighted by molar-refractivity contribution is -0.136. The van der Waals surface area contributed by atoms with E-state index in [0.717, 1.165) is 22.1 Å². The number of amides is 2. The van der Waals surface area contributed by atoms with Gasteiger partial charge in [0.25, 0.3) is 0 Å². The molecular formula is C20H26N2O3. The largest absolute Gasteiger partial charge is 0.497 e. The lowest BCUT2D eigenvalue weighted by Gasteiger charge is -2.27. The molecule has 0 radical (unpaired) electrons. The summed E-state index contributed by atoms with van der Waals surface area (Å²) in [5.74, 6) is 0.575. The third kappa shape index (κ3) is 4.72. The first-order valence-corrected chi connectivity index (χ1v) is 8.40. The zero-order valence-electron chi connectivity index (χ0n) is 15.5. The Balaban J connectivity index is 2.15. The molecule has 5 nitrogen and oxygen atoms in total. The van der Waals surface area contributed by atoms with Crippen LogP contribution < -0.4 is 10.1 Å². The molecule has 2 amide bonds. The van der Waals surface area contributed by atoms with Crippen LogP contribution in [0.1, 0.15) is 26.3 Å². The topological polar surface area (TPSA) is 58.6 Å². The van der Waals surface area contributed by atoms with E-state index < -0.39 is 6.04 Å². The maximum absolute atomic E-state index is 12.7. The summed E-state index contributed by atoms with van der Waals surface area (Å²) in [5.41, 5.74) is 1.04. The van der Waals surface area contributed by atoms with E-state index in [-0.39, 0.29) is 17.7 Å². The van der Waals surface area contributed by atoms with Crippen LogP contribution in [0, 0.1) is 5.92 Å². The Morgan fingerprint density at radius 1 is 1.12 bits per heavy atom. The van der Waals surface area contributed by atoms with Crippen molar-refractivity contribution in [2.45, 2.75) is 33.4 Å². The van der Waals surface area contributed by atoms with Crippen molar-refractivity contribution in [2.24, 2.45) is 5.92 Å². The Bertz CT molecular complexity index is 771. The third-order valence-electron chi connectivity index (χ3n) is 4.20. The molecule has 0 aromatic heterocycles. The van der Waals surface area contributed by atoms with E-state index in [9.17, 15) is 9.59 Å². The van der Waals surface area contributed by atoms with Crippen LogP contribution in [0.2, 0.25) is 0 Å². The minimum Gasteiger partial charge on any atom is -0.497 e. The van der Waals surface area contributed by atoms with Crippen molar-refractivity contribution in [3.8, 4) is 5.75 Å². The number of nitrogens with one attached hydrogen (secondary N) is 1. The van der Waals surface area contributed by atoms with Crippen LogP contribution in [0.4, 0.5) is 0 Å². The van der Waals surface area contributed by atoms with Crippen LogP contribution in [0.5, 0.6) is 5.75 Å². The van der Waals surface area contributed by atoms with Gasteiger partial charge in [0.05, 0.1) is 7.11 Å². The second kappa shape index (κ2) is 8.01. The highest BCUT2D eigenvalue weighted by atomic mass is 16.5. The first kappa shape index (κ1) is 18.8. The molecule has 134 valence electrons. The minimum atomic E-state index is -0.507. The van der Waals surface area contributed by atoms with Crippen molar-refractivity contribution in [3.63, 3.8) is 0 Å². The van der Waals surface area contributed by atoms with E-state index in [1.165, 1.54) is 6.92 Å². The number of nitrogens with zero attached hydrogens (tertiary/aromatic N) is 1. The highest BCUT2D eigenvalue weighted by Gasteiger charge is 2.25. The number of benzene rings is 2. The minimum absolute atomic E-state index is 0.0305. The zero-order valence-corrected chi connectivity index (χ0v) is 15.5. The van der Waals surface area contributed by atoms with Gasteiger partial charge in [-0.1, -0.05) is 32.0 Å². The van der Waals surface area contributed by atoms with Gasteiger partial charge in [-0.15, -0.1) is 0 Å². The summed E-state index contributed by atoms with van der Waals surface area (Å²) >= 11 is 0. The molecule has 0 aliphatic rings. The second-order valence-electron chi connectivity index (χ2n) is 6.66. The summed E-state index contributed by atoms with van der Waals surface area (Å²) in [6.45, 7) is 5.77. The van der Waals surface area contributed by atoms with E-state index >= 15 is 0 Å². The van der Waals surface area contributed by atoms with Gasteiger partial charge in [0, 0.05) is 20.5 Å². The molecule has 2 rings (SSSR count). The summed E-state index contributed by atoms with van der Waals surface area (Å²) in [5, 5.41) is 4.94. The molecule has 0 spiro atoms. The number of fused-ring (bicyclic) bond motifs is 1. The predicted molar refractivity (Wildman–Crippen MR) is 99.4 cm³/mol. The Morgan fingerprint density at radius 3 is 2.36 bits per heavy atom. The van der Waals surface area contributed by atoms with Crippen molar-refractivity contribution >= 4 is 22.6 Å². The predicted octanol–water partition coefficient (Wildman–Crippen LogP) is 2.97. The molecule has 0 saturated heterocycles. The highest BCUT2D eigenvalue weighted by molar-refractivity contribution is 5.87. The maximum atomic E-state index is 12.7. The van der Waals surface area contributed by atoms with Gasteiger partial charge < -0.3 is 15.0 Å². The van der Waals surface area contributed by atoms with Crippen molar-refractivity contribution in [3.05, 3.63) is 42.0 Å². The second-order valence-corrected chi connectivity index (χ2v) is 6.66. The van der Waals surface area contributed by atoms with E-state index in [0.29, 0.717) is 6.54 Å².